The van der Waals surface area contributed by atoms with Crippen LogP contribution in [-0.2, 0) is 48.1 Å². The summed E-state index contributed by atoms with van der Waals surface area (Å²) in [5.74, 6) is 2.06. The summed E-state index contributed by atoms with van der Waals surface area (Å²) in [6, 6.07) is 64.7. The molecule has 0 spiro atoms. The van der Waals surface area contributed by atoms with Gasteiger partial charge in [0.15, 0.2) is 0 Å². The zero-order valence-corrected chi connectivity index (χ0v) is 46.5. The monoisotopic (exact) mass is 1130 g/mol. The molecule has 0 bridgehead atoms. The number of aromatic nitrogens is 2. The van der Waals surface area contributed by atoms with Gasteiger partial charge in [-0.25, -0.2) is 4.98 Å². The first-order chi connectivity index (χ1) is 33.6. The quantitative estimate of drug-likeness (QED) is 0.135. The van der Waals surface area contributed by atoms with Crippen LogP contribution in [0.15, 0.2) is 164 Å². The third kappa shape index (κ3) is 9.42. The van der Waals surface area contributed by atoms with Crippen molar-refractivity contribution in [3.8, 4) is 17.3 Å². The fraction of sp³-hybridized carbons (Fsp3) is 0.273. The van der Waals surface area contributed by atoms with E-state index in [9.17, 15) is 0 Å². The molecule has 6 heteroatoms. The predicted octanol–water partition coefficient (Wildman–Crippen LogP) is 17.5. The third-order valence-electron chi connectivity index (χ3n) is 14.8. The number of anilines is 4. The van der Waals surface area contributed by atoms with Gasteiger partial charge in [-0.15, -0.1) is 53.6 Å². The summed E-state index contributed by atoms with van der Waals surface area (Å²) in [6.45, 7) is 31.9. The number of rotatable bonds is 9. The molecule has 72 heavy (non-hydrogen) atoms. The second-order valence-corrected chi connectivity index (χ2v) is 23.6. The van der Waals surface area contributed by atoms with E-state index in [4.69, 9.17) is 9.72 Å². The first-order valence-corrected chi connectivity index (χ1v) is 25.1. The number of hydrogen-bond acceptors (Lipinski definition) is 4. The Morgan fingerprint density at radius 2 is 1.00 bits per heavy atom. The summed E-state index contributed by atoms with van der Waals surface area (Å²) < 4.78 is 9.30. The van der Waals surface area contributed by atoms with Gasteiger partial charge in [-0.1, -0.05) is 187 Å². The standard InChI is InChI=1S/C66H67N4O.Pt/c1-62(2,3)46-28-31-57-56(39-46)55-30-29-53(42-60(55)70(57)61-40-47(32-33-67-61)63(4,5)6)71-54-38-50(66(12,13)45-24-18-15-19-25-45)37-52(41-54)69-43-68(58-26-20-21-27-59(58)69)51-35-48(64(7,8)9)34-49(36-51)65(10,11)44-22-16-14-17-23-44;/h14-40,43H,1-13H3;/q-3;. The van der Waals surface area contributed by atoms with E-state index in [1.807, 2.05) is 12.3 Å². The van der Waals surface area contributed by atoms with Gasteiger partial charge in [-0.2, -0.15) is 6.07 Å². The van der Waals surface area contributed by atoms with E-state index >= 15 is 0 Å². The molecule has 0 atom stereocenters. The summed E-state index contributed by atoms with van der Waals surface area (Å²) in [5.41, 5.74) is 14.0. The van der Waals surface area contributed by atoms with Gasteiger partial charge in [-0.3, -0.25) is 0 Å². The minimum atomic E-state index is -0.379. The fourth-order valence-electron chi connectivity index (χ4n) is 9.98. The van der Waals surface area contributed by atoms with E-state index < -0.39 is 0 Å². The molecular formula is C66H67N4OPt-3. The van der Waals surface area contributed by atoms with Crippen LogP contribution in [0.1, 0.15) is 129 Å². The van der Waals surface area contributed by atoms with E-state index in [-0.39, 0.29) is 48.1 Å². The molecule has 10 rings (SSSR count). The van der Waals surface area contributed by atoms with Crippen molar-refractivity contribution in [2.45, 2.75) is 117 Å². The van der Waals surface area contributed by atoms with Crippen LogP contribution in [0, 0.1) is 18.8 Å². The molecule has 0 radical (unpaired) electrons. The molecule has 0 saturated heterocycles. The predicted molar refractivity (Wildman–Crippen MR) is 297 cm³/mol. The van der Waals surface area contributed by atoms with Gasteiger partial charge in [0, 0.05) is 66.8 Å². The fourth-order valence-corrected chi connectivity index (χ4v) is 9.98. The molecule has 3 heterocycles. The molecule has 1 aliphatic rings. The molecule has 0 unspecified atom stereocenters. The van der Waals surface area contributed by atoms with Gasteiger partial charge in [0.25, 0.3) is 0 Å². The van der Waals surface area contributed by atoms with Crippen molar-refractivity contribution in [3.05, 3.63) is 222 Å². The Bertz CT molecular complexity index is 3440. The maximum atomic E-state index is 7.05. The zero-order valence-electron chi connectivity index (χ0n) is 44.2. The number of para-hydroxylation sites is 2. The van der Waals surface area contributed by atoms with Crippen LogP contribution in [0.2, 0.25) is 0 Å². The van der Waals surface area contributed by atoms with Gasteiger partial charge in [0.05, 0.1) is 0 Å². The molecule has 9 aromatic rings. The second-order valence-electron chi connectivity index (χ2n) is 23.6. The largest absolute Gasteiger partial charge is 0.509 e. The summed E-state index contributed by atoms with van der Waals surface area (Å²) in [4.78, 5) is 9.59. The Kier molecular flexibility index (Phi) is 13.0. The normalized spacial score (nSPS) is 13.4. The number of fused-ring (bicyclic) bond motifs is 4. The number of pyridine rings is 1. The Morgan fingerprint density at radius 3 is 1.61 bits per heavy atom. The van der Waals surface area contributed by atoms with E-state index in [2.05, 4.69) is 275 Å². The van der Waals surface area contributed by atoms with Crippen LogP contribution < -0.4 is 14.5 Å². The molecule has 0 aliphatic carbocycles. The molecule has 0 amide bonds. The topological polar surface area (TPSA) is 33.5 Å². The number of benzene rings is 7. The molecule has 2 aromatic heterocycles. The van der Waals surface area contributed by atoms with Crippen molar-refractivity contribution < 1.29 is 25.8 Å². The summed E-state index contributed by atoms with van der Waals surface area (Å²) >= 11 is 0. The van der Waals surface area contributed by atoms with Crippen molar-refractivity contribution >= 4 is 44.6 Å². The molecule has 5 nitrogen and oxygen atoms in total. The van der Waals surface area contributed by atoms with Crippen LogP contribution in [0.3, 0.4) is 0 Å². The third-order valence-corrected chi connectivity index (χ3v) is 14.8. The van der Waals surface area contributed by atoms with Crippen molar-refractivity contribution in [3.63, 3.8) is 0 Å². The van der Waals surface area contributed by atoms with Crippen LogP contribution in [-0.4, -0.2) is 9.55 Å². The van der Waals surface area contributed by atoms with Gasteiger partial charge in [-0.05, 0) is 103 Å². The zero-order chi connectivity index (χ0) is 50.3. The Balaban J connectivity index is 0.00000640. The van der Waals surface area contributed by atoms with Gasteiger partial charge in [0.1, 0.15) is 5.82 Å². The first-order valence-electron chi connectivity index (χ1n) is 25.1. The molecule has 370 valence electrons. The summed E-state index contributed by atoms with van der Waals surface area (Å²) in [7, 11) is 0. The second kappa shape index (κ2) is 18.6. The summed E-state index contributed by atoms with van der Waals surface area (Å²) in [6.07, 6.45) is 1.92. The molecule has 0 saturated carbocycles. The van der Waals surface area contributed by atoms with Crippen molar-refractivity contribution in [1.29, 1.82) is 0 Å². The maximum absolute atomic E-state index is 7.05. The first kappa shape index (κ1) is 50.5. The Hall–Kier alpha value is -6.42. The minimum absolute atomic E-state index is 0. The molecule has 7 aromatic carbocycles. The average Bonchev–Trinajstić information content (AvgIpc) is 3.89. The van der Waals surface area contributed by atoms with Gasteiger partial charge in [0.2, 0.25) is 0 Å². The number of ether oxygens (including phenoxy) is 1. The van der Waals surface area contributed by atoms with Crippen molar-refractivity contribution in [2.75, 3.05) is 9.80 Å². The van der Waals surface area contributed by atoms with Gasteiger partial charge < -0.3 is 19.1 Å². The van der Waals surface area contributed by atoms with Crippen LogP contribution in [0.4, 0.5) is 22.7 Å². The van der Waals surface area contributed by atoms with E-state index in [1.165, 1.54) is 33.4 Å². The molecule has 0 fully saturated rings. The number of nitrogens with zero attached hydrogens (tertiary/aromatic N) is 4. The number of hydrogen-bond donors (Lipinski definition) is 0. The molecular weight excluding hydrogens is 1060 g/mol. The van der Waals surface area contributed by atoms with Crippen LogP contribution in [0.25, 0.3) is 27.6 Å². The van der Waals surface area contributed by atoms with Crippen molar-refractivity contribution in [1.82, 2.24) is 9.55 Å². The Morgan fingerprint density at radius 1 is 0.444 bits per heavy atom. The van der Waals surface area contributed by atoms with E-state index in [1.54, 1.807) is 0 Å². The van der Waals surface area contributed by atoms with E-state index in [0.717, 1.165) is 55.9 Å². The molecule has 1 aliphatic heterocycles. The average molecular weight is 1130 g/mol. The van der Waals surface area contributed by atoms with Crippen LogP contribution in [0.5, 0.6) is 11.5 Å². The van der Waals surface area contributed by atoms with Crippen molar-refractivity contribution in [2.24, 2.45) is 0 Å². The Labute approximate surface area is 443 Å². The smallest absolute Gasteiger partial charge is 0.135 e. The summed E-state index contributed by atoms with van der Waals surface area (Å²) in [5, 5.41) is 2.26. The van der Waals surface area contributed by atoms with Gasteiger partial charge >= 0.3 is 0 Å². The maximum Gasteiger partial charge on any atom is 0.135 e. The SMILES string of the molecule is CC(C)(C)c1cc(N2[CH-]N(c3[c-]c(Oc4[c-]c5c(cc4)c4cc(C(C)(C)C)ccc4n5-c4cc(C(C)(C)C)ccn4)cc(C(C)(C)c4ccccc4)c3)c3ccccc32)cc(C(C)(C)c2ccccc2)c1.[Pt]. The molecule has 0 N–H and O–H groups in total. The van der Waals surface area contributed by atoms with Crippen LogP contribution >= 0.6 is 0 Å². The minimum Gasteiger partial charge on any atom is -0.509 e. The van der Waals surface area contributed by atoms with E-state index in [0.29, 0.717) is 11.5 Å².